The second kappa shape index (κ2) is 6.08. The summed E-state index contributed by atoms with van der Waals surface area (Å²) < 4.78 is 0. The molecule has 0 bridgehead atoms. The van der Waals surface area contributed by atoms with Crippen molar-refractivity contribution in [3.05, 3.63) is 12.7 Å². The third-order valence-corrected chi connectivity index (χ3v) is 1.05. The Morgan fingerprint density at radius 1 is 1.56 bits per heavy atom. The maximum Gasteiger partial charge on any atom is 0.0988 e. The first-order valence-corrected chi connectivity index (χ1v) is 2.70. The summed E-state index contributed by atoms with van der Waals surface area (Å²) in [5.41, 5.74) is 0. The molecule has 0 fully saturated rings. The minimum Gasteiger partial charge on any atom is -0.297 e. The molecule has 1 atom stereocenters. The molecule has 0 aromatic rings. The fourth-order valence-corrected chi connectivity index (χ4v) is 0.485. The first-order valence-electron chi connectivity index (χ1n) is 2.70. The van der Waals surface area contributed by atoms with Crippen molar-refractivity contribution >= 4 is 12.4 Å². The molecular formula is C6H14ClNO. The van der Waals surface area contributed by atoms with Crippen LogP contribution in [0.4, 0.5) is 0 Å². The molecule has 0 aliphatic carbocycles. The van der Waals surface area contributed by atoms with Crippen LogP contribution in [0.5, 0.6) is 0 Å². The molecule has 9 heavy (non-hydrogen) atoms. The van der Waals surface area contributed by atoms with Gasteiger partial charge in [0.1, 0.15) is 0 Å². The molecule has 1 unspecified atom stereocenters. The molecule has 56 valence electrons. The number of halogens is 1. The van der Waals surface area contributed by atoms with Gasteiger partial charge in [-0.3, -0.25) is 4.84 Å². The van der Waals surface area contributed by atoms with Crippen LogP contribution in [0.1, 0.15) is 13.8 Å². The summed E-state index contributed by atoms with van der Waals surface area (Å²) in [6.45, 7) is 7.60. The zero-order chi connectivity index (χ0) is 6.57. The highest BCUT2D eigenvalue weighted by atomic mass is 35.5. The van der Waals surface area contributed by atoms with Crippen molar-refractivity contribution in [1.82, 2.24) is 0 Å². The Labute approximate surface area is 62.4 Å². The standard InChI is InChI=1S/C6H13NO.ClH/c1-4-6(8-7)5(2)3;/h4-6H,1,7H2,2-3H3;1H. The van der Waals surface area contributed by atoms with E-state index in [2.05, 4.69) is 11.4 Å². The summed E-state index contributed by atoms with van der Waals surface area (Å²) in [5.74, 6) is 5.33. The van der Waals surface area contributed by atoms with Crippen LogP contribution in [0.25, 0.3) is 0 Å². The van der Waals surface area contributed by atoms with Gasteiger partial charge in [-0.05, 0) is 5.92 Å². The Balaban J connectivity index is 0. The molecular weight excluding hydrogens is 138 g/mol. The average Bonchev–Trinajstić information content (AvgIpc) is 1.69. The second-order valence-electron chi connectivity index (χ2n) is 2.08. The van der Waals surface area contributed by atoms with Gasteiger partial charge >= 0.3 is 0 Å². The maximum atomic E-state index is 4.91. The van der Waals surface area contributed by atoms with Gasteiger partial charge in [0.25, 0.3) is 0 Å². The van der Waals surface area contributed by atoms with Crippen molar-refractivity contribution < 1.29 is 4.84 Å². The van der Waals surface area contributed by atoms with Crippen LogP contribution in [-0.4, -0.2) is 6.10 Å². The highest BCUT2D eigenvalue weighted by Gasteiger charge is 2.05. The molecule has 0 amide bonds. The lowest BCUT2D eigenvalue weighted by molar-refractivity contribution is 0.0557. The van der Waals surface area contributed by atoms with E-state index in [1.54, 1.807) is 6.08 Å². The van der Waals surface area contributed by atoms with E-state index >= 15 is 0 Å². The van der Waals surface area contributed by atoms with Crippen LogP contribution in [-0.2, 0) is 4.84 Å². The summed E-state index contributed by atoms with van der Waals surface area (Å²) in [5, 5.41) is 0. The Morgan fingerprint density at radius 2 is 2.00 bits per heavy atom. The summed E-state index contributed by atoms with van der Waals surface area (Å²) >= 11 is 0. The lowest BCUT2D eigenvalue weighted by Crippen LogP contribution is -2.20. The number of hydrogen-bond donors (Lipinski definition) is 1. The van der Waals surface area contributed by atoms with E-state index < -0.39 is 0 Å². The third-order valence-electron chi connectivity index (χ3n) is 1.05. The highest BCUT2D eigenvalue weighted by molar-refractivity contribution is 5.85. The van der Waals surface area contributed by atoms with Crippen molar-refractivity contribution in [1.29, 1.82) is 0 Å². The second-order valence-corrected chi connectivity index (χ2v) is 2.08. The van der Waals surface area contributed by atoms with E-state index in [1.165, 1.54) is 0 Å². The fraction of sp³-hybridized carbons (Fsp3) is 0.667. The van der Waals surface area contributed by atoms with Crippen LogP contribution < -0.4 is 5.90 Å². The topological polar surface area (TPSA) is 35.2 Å². The maximum absolute atomic E-state index is 4.91. The number of nitrogens with two attached hydrogens (primary N) is 1. The van der Waals surface area contributed by atoms with Crippen molar-refractivity contribution in [2.45, 2.75) is 20.0 Å². The van der Waals surface area contributed by atoms with Gasteiger partial charge in [0, 0.05) is 0 Å². The molecule has 0 rings (SSSR count). The SMILES string of the molecule is C=CC(ON)C(C)C.Cl. The van der Waals surface area contributed by atoms with Crippen LogP contribution in [0.15, 0.2) is 12.7 Å². The summed E-state index contributed by atoms with van der Waals surface area (Å²) in [6.07, 6.45) is 1.69. The number of rotatable bonds is 3. The molecule has 0 saturated heterocycles. The van der Waals surface area contributed by atoms with E-state index in [-0.39, 0.29) is 18.5 Å². The van der Waals surface area contributed by atoms with Gasteiger partial charge in [-0.25, -0.2) is 5.90 Å². The van der Waals surface area contributed by atoms with E-state index in [0.29, 0.717) is 5.92 Å². The molecule has 2 nitrogen and oxygen atoms in total. The summed E-state index contributed by atoms with van der Waals surface area (Å²) in [6, 6.07) is 0. The van der Waals surface area contributed by atoms with Gasteiger partial charge in [0.2, 0.25) is 0 Å². The highest BCUT2D eigenvalue weighted by Crippen LogP contribution is 2.03. The van der Waals surface area contributed by atoms with E-state index in [9.17, 15) is 0 Å². The molecule has 0 heterocycles. The summed E-state index contributed by atoms with van der Waals surface area (Å²) in [4.78, 5) is 4.54. The van der Waals surface area contributed by atoms with Gasteiger partial charge in [-0.2, -0.15) is 0 Å². The Hall–Kier alpha value is -0.0500. The summed E-state index contributed by atoms with van der Waals surface area (Å²) in [7, 11) is 0. The molecule has 0 aromatic carbocycles. The predicted molar refractivity (Wildman–Crippen MR) is 41.3 cm³/mol. The molecule has 2 N–H and O–H groups in total. The molecule has 0 aliphatic heterocycles. The van der Waals surface area contributed by atoms with E-state index in [1.807, 2.05) is 13.8 Å². The van der Waals surface area contributed by atoms with Crippen molar-refractivity contribution in [2.24, 2.45) is 11.8 Å². The third kappa shape index (κ3) is 4.45. The Bertz CT molecular complexity index is 75.5. The smallest absolute Gasteiger partial charge is 0.0988 e. The first kappa shape index (κ1) is 11.7. The van der Waals surface area contributed by atoms with Gasteiger partial charge in [0.05, 0.1) is 6.10 Å². The van der Waals surface area contributed by atoms with Crippen LogP contribution in [0.3, 0.4) is 0 Å². The Kier molecular flexibility index (Phi) is 7.91. The first-order chi connectivity index (χ1) is 3.72. The van der Waals surface area contributed by atoms with E-state index in [0.717, 1.165) is 0 Å². The van der Waals surface area contributed by atoms with Crippen molar-refractivity contribution in [3.63, 3.8) is 0 Å². The minimum absolute atomic E-state index is 0. The molecule has 0 spiro atoms. The van der Waals surface area contributed by atoms with Crippen LogP contribution in [0, 0.1) is 5.92 Å². The normalized spacial score (nSPS) is 12.4. The molecule has 3 heteroatoms. The zero-order valence-electron chi connectivity index (χ0n) is 5.83. The van der Waals surface area contributed by atoms with Gasteiger partial charge in [0.15, 0.2) is 0 Å². The van der Waals surface area contributed by atoms with Crippen molar-refractivity contribution in [2.75, 3.05) is 0 Å². The van der Waals surface area contributed by atoms with Crippen LogP contribution >= 0.6 is 12.4 Å². The number of hydrogen-bond acceptors (Lipinski definition) is 2. The zero-order valence-corrected chi connectivity index (χ0v) is 6.65. The predicted octanol–water partition coefficient (Wildman–Crippen LogP) is 1.51. The monoisotopic (exact) mass is 151 g/mol. The van der Waals surface area contributed by atoms with Crippen molar-refractivity contribution in [3.8, 4) is 0 Å². The molecule has 0 saturated carbocycles. The fourth-order valence-electron chi connectivity index (χ4n) is 0.485. The van der Waals surface area contributed by atoms with Gasteiger partial charge < -0.3 is 0 Å². The Morgan fingerprint density at radius 3 is 2.00 bits per heavy atom. The molecule has 0 aliphatic rings. The molecule has 0 radical (unpaired) electrons. The van der Waals surface area contributed by atoms with Gasteiger partial charge in [-0.15, -0.1) is 19.0 Å². The van der Waals surface area contributed by atoms with Gasteiger partial charge in [-0.1, -0.05) is 19.9 Å². The quantitative estimate of drug-likeness (QED) is 0.490. The lowest BCUT2D eigenvalue weighted by atomic mass is 10.1. The minimum atomic E-state index is -0.00463. The average molecular weight is 152 g/mol. The molecule has 0 aromatic heterocycles. The lowest BCUT2D eigenvalue weighted by Gasteiger charge is -2.11. The van der Waals surface area contributed by atoms with E-state index in [4.69, 9.17) is 5.90 Å². The van der Waals surface area contributed by atoms with Crippen LogP contribution in [0.2, 0.25) is 0 Å². The largest absolute Gasteiger partial charge is 0.297 e.